The summed E-state index contributed by atoms with van der Waals surface area (Å²) in [7, 11) is 0. The van der Waals surface area contributed by atoms with Crippen LogP contribution in [0.25, 0.3) is 0 Å². The molecule has 0 atom stereocenters. The molecular weight excluding hydrogens is 508 g/mol. The second-order valence-electron chi connectivity index (χ2n) is 8.64. The molecule has 1 aromatic heterocycles. The quantitative estimate of drug-likeness (QED) is 0.316. The van der Waals surface area contributed by atoms with Gasteiger partial charge in [-0.1, -0.05) is 25.5 Å². The molecule has 0 unspecified atom stereocenters. The van der Waals surface area contributed by atoms with Crippen LogP contribution < -0.4 is 15.5 Å². The van der Waals surface area contributed by atoms with Crippen molar-refractivity contribution in [3.05, 3.63) is 76.7 Å². The normalized spacial score (nSPS) is 13.0. The molecular formula is C27H31BrN4O3. The summed E-state index contributed by atoms with van der Waals surface area (Å²) in [4.78, 5) is 30.3. The Morgan fingerprint density at radius 3 is 2.57 bits per heavy atom. The van der Waals surface area contributed by atoms with E-state index in [9.17, 15) is 9.59 Å². The van der Waals surface area contributed by atoms with E-state index in [2.05, 4.69) is 38.4 Å². The van der Waals surface area contributed by atoms with Gasteiger partial charge < -0.3 is 24.9 Å². The molecule has 3 aromatic rings. The fourth-order valence-corrected chi connectivity index (χ4v) is 4.61. The average Bonchev–Trinajstić information content (AvgIpc) is 3.57. The number of nitrogens with zero attached hydrogens (tertiary/aromatic N) is 2. The summed E-state index contributed by atoms with van der Waals surface area (Å²) >= 11 is 3.44. The summed E-state index contributed by atoms with van der Waals surface area (Å²) in [5.74, 6) is 0.837. The number of benzene rings is 2. The van der Waals surface area contributed by atoms with Crippen molar-refractivity contribution in [3.63, 3.8) is 0 Å². The number of carbonyl (C=O) groups is 2. The number of furan rings is 1. The van der Waals surface area contributed by atoms with E-state index in [1.54, 1.807) is 12.3 Å². The highest BCUT2D eigenvalue weighted by atomic mass is 79.9. The molecule has 2 N–H and O–H groups in total. The lowest BCUT2D eigenvalue weighted by molar-refractivity contribution is 0.0793. The Balaban J connectivity index is 1.61. The molecule has 0 bridgehead atoms. The van der Waals surface area contributed by atoms with Gasteiger partial charge in [0.25, 0.3) is 5.91 Å². The number of hydrogen-bond donors (Lipinski definition) is 2. The van der Waals surface area contributed by atoms with E-state index < -0.39 is 0 Å². The van der Waals surface area contributed by atoms with Crippen LogP contribution in [0.15, 0.2) is 69.8 Å². The average molecular weight is 539 g/mol. The predicted octanol–water partition coefficient (Wildman–Crippen LogP) is 6.73. The Morgan fingerprint density at radius 1 is 1.06 bits per heavy atom. The number of urea groups is 1. The molecule has 184 valence electrons. The Morgan fingerprint density at radius 2 is 1.86 bits per heavy atom. The van der Waals surface area contributed by atoms with Crippen LogP contribution in [0, 0.1) is 0 Å². The fourth-order valence-electron chi connectivity index (χ4n) is 4.22. The fraction of sp³-hybridized carbons (Fsp3) is 0.333. The number of anilines is 3. The lowest BCUT2D eigenvalue weighted by atomic mass is 10.1. The van der Waals surface area contributed by atoms with Crippen LogP contribution in [0.5, 0.6) is 0 Å². The molecule has 1 fully saturated rings. The monoisotopic (exact) mass is 538 g/mol. The first kappa shape index (κ1) is 24.9. The molecule has 3 amide bonds. The van der Waals surface area contributed by atoms with Crippen molar-refractivity contribution in [3.8, 4) is 0 Å². The highest BCUT2D eigenvalue weighted by molar-refractivity contribution is 9.10. The molecule has 0 saturated carbocycles. The van der Waals surface area contributed by atoms with Gasteiger partial charge in [-0.15, -0.1) is 0 Å². The first-order valence-corrected chi connectivity index (χ1v) is 12.9. The molecule has 2 aromatic carbocycles. The molecule has 0 aliphatic carbocycles. The van der Waals surface area contributed by atoms with E-state index in [1.165, 1.54) is 0 Å². The van der Waals surface area contributed by atoms with Crippen molar-refractivity contribution in [1.29, 1.82) is 0 Å². The third kappa shape index (κ3) is 6.45. The number of unbranched alkanes of at least 4 members (excludes halogenated alkanes) is 1. The number of carbonyl (C=O) groups excluding carboxylic acids is 2. The van der Waals surface area contributed by atoms with Gasteiger partial charge >= 0.3 is 6.03 Å². The third-order valence-electron chi connectivity index (χ3n) is 6.05. The molecule has 1 aliphatic rings. The van der Waals surface area contributed by atoms with Gasteiger partial charge in [0.2, 0.25) is 0 Å². The summed E-state index contributed by atoms with van der Waals surface area (Å²) < 4.78 is 6.39. The highest BCUT2D eigenvalue weighted by Gasteiger charge is 2.25. The topological polar surface area (TPSA) is 77.8 Å². The molecule has 35 heavy (non-hydrogen) atoms. The summed E-state index contributed by atoms with van der Waals surface area (Å²) in [6.45, 7) is 5.03. The first-order valence-electron chi connectivity index (χ1n) is 12.1. The van der Waals surface area contributed by atoms with E-state index in [4.69, 9.17) is 4.42 Å². The zero-order chi connectivity index (χ0) is 24.6. The summed E-state index contributed by atoms with van der Waals surface area (Å²) in [6, 6.07) is 16.4. The smallest absolute Gasteiger partial charge is 0.323 e. The SMILES string of the molecule is CCCCN(Cc1ccco1)c1ccc(NC(=O)Nc2ccccc2Br)cc1C(=O)N1CCCC1. The van der Waals surface area contributed by atoms with Gasteiger partial charge in [0.15, 0.2) is 0 Å². The molecule has 0 radical (unpaired) electrons. The van der Waals surface area contributed by atoms with Crippen LogP contribution in [-0.4, -0.2) is 36.5 Å². The number of hydrogen-bond acceptors (Lipinski definition) is 4. The van der Waals surface area contributed by atoms with Crippen molar-refractivity contribution < 1.29 is 14.0 Å². The van der Waals surface area contributed by atoms with Crippen molar-refractivity contribution in [2.24, 2.45) is 0 Å². The van der Waals surface area contributed by atoms with Gasteiger partial charge in [-0.25, -0.2) is 4.79 Å². The number of nitrogens with one attached hydrogen (secondary N) is 2. The van der Waals surface area contributed by atoms with Gasteiger partial charge in [-0.3, -0.25) is 4.79 Å². The van der Waals surface area contributed by atoms with Crippen molar-refractivity contribution in [2.45, 2.75) is 39.2 Å². The maximum absolute atomic E-state index is 13.6. The number of halogens is 1. The second kappa shape index (κ2) is 11.9. The molecule has 0 spiro atoms. The molecule has 1 aliphatic heterocycles. The van der Waals surface area contributed by atoms with Crippen molar-refractivity contribution in [2.75, 3.05) is 35.2 Å². The minimum Gasteiger partial charge on any atom is -0.467 e. The number of rotatable bonds is 9. The van der Waals surface area contributed by atoms with Gasteiger partial charge in [0.05, 0.1) is 29.7 Å². The minimum absolute atomic E-state index is 0.00620. The van der Waals surface area contributed by atoms with Crippen molar-refractivity contribution >= 4 is 44.9 Å². The van der Waals surface area contributed by atoms with Crippen LogP contribution in [0.4, 0.5) is 21.9 Å². The van der Waals surface area contributed by atoms with E-state index in [0.29, 0.717) is 23.5 Å². The Kier molecular flexibility index (Phi) is 8.47. The van der Waals surface area contributed by atoms with Gasteiger partial charge in [-0.2, -0.15) is 0 Å². The summed E-state index contributed by atoms with van der Waals surface area (Å²) in [5.41, 5.74) is 2.67. The minimum atomic E-state index is -0.373. The van der Waals surface area contributed by atoms with Gasteiger partial charge in [0.1, 0.15) is 5.76 Å². The van der Waals surface area contributed by atoms with Crippen molar-refractivity contribution in [1.82, 2.24) is 4.90 Å². The molecule has 2 heterocycles. The standard InChI is InChI=1S/C27H31BrN4O3/c1-2-3-14-32(19-21-9-8-17-35-21)25-13-12-20(18-22(25)26(33)31-15-6-7-16-31)29-27(34)30-24-11-5-4-10-23(24)28/h4-5,8-13,17-18H,2-3,6-7,14-16,19H2,1H3,(H2,29,30,34). The van der Waals surface area contributed by atoms with Crippen LogP contribution >= 0.6 is 15.9 Å². The largest absolute Gasteiger partial charge is 0.467 e. The Bertz CT molecular complexity index is 1140. The lowest BCUT2D eigenvalue weighted by Crippen LogP contribution is -2.31. The van der Waals surface area contributed by atoms with Crippen LogP contribution in [0.1, 0.15) is 48.7 Å². The lowest BCUT2D eigenvalue weighted by Gasteiger charge is -2.28. The molecule has 7 nitrogen and oxygen atoms in total. The summed E-state index contributed by atoms with van der Waals surface area (Å²) in [5, 5.41) is 5.72. The van der Waals surface area contributed by atoms with E-state index in [0.717, 1.165) is 61.2 Å². The zero-order valence-corrected chi connectivity index (χ0v) is 21.5. The van der Waals surface area contributed by atoms with E-state index in [-0.39, 0.29) is 11.9 Å². The molecule has 4 rings (SSSR count). The predicted molar refractivity (Wildman–Crippen MR) is 143 cm³/mol. The number of likely N-dealkylation sites (tertiary alicyclic amines) is 1. The Labute approximate surface area is 214 Å². The molecule has 1 saturated heterocycles. The van der Waals surface area contributed by atoms with E-state index >= 15 is 0 Å². The van der Waals surface area contributed by atoms with E-state index in [1.807, 2.05) is 53.4 Å². The van der Waals surface area contributed by atoms with Crippen LogP contribution in [0.3, 0.4) is 0 Å². The van der Waals surface area contributed by atoms with Crippen LogP contribution in [0.2, 0.25) is 0 Å². The summed E-state index contributed by atoms with van der Waals surface area (Å²) in [6.07, 6.45) is 5.73. The maximum atomic E-state index is 13.6. The number of amides is 3. The third-order valence-corrected chi connectivity index (χ3v) is 6.74. The Hall–Kier alpha value is -3.26. The van der Waals surface area contributed by atoms with Gasteiger partial charge in [-0.05, 0) is 77.7 Å². The van der Waals surface area contributed by atoms with Crippen LogP contribution in [-0.2, 0) is 6.54 Å². The van der Waals surface area contributed by atoms with Gasteiger partial charge in [0, 0.05) is 29.8 Å². The second-order valence-corrected chi connectivity index (χ2v) is 9.50. The zero-order valence-electron chi connectivity index (χ0n) is 19.9. The maximum Gasteiger partial charge on any atom is 0.323 e. The highest BCUT2D eigenvalue weighted by Crippen LogP contribution is 2.29. The number of para-hydroxylation sites is 1. The first-order chi connectivity index (χ1) is 17.0. The molecule has 8 heteroatoms.